The zero-order chi connectivity index (χ0) is 24.3. The summed E-state index contributed by atoms with van der Waals surface area (Å²) in [6.07, 6.45) is 0.124. The van der Waals surface area contributed by atoms with Crippen LogP contribution >= 0.6 is 11.6 Å². The Bertz CT molecular complexity index is 1400. The monoisotopic (exact) mass is 483 g/mol. The summed E-state index contributed by atoms with van der Waals surface area (Å²) in [4.78, 5) is 12.6. The van der Waals surface area contributed by atoms with Crippen LogP contribution in [0.15, 0.2) is 53.4 Å². The van der Waals surface area contributed by atoms with Gasteiger partial charge in [-0.2, -0.15) is 5.26 Å². The van der Waals surface area contributed by atoms with Crippen molar-refractivity contribution < 1.29 is 17.9 Å². The Labute approximate surface area is 197 Å². The van der Waals surface area contributed by atoms with Gasteiger partial charge in [0.1, 0.15) is 11.5 Å². The lowest BCUT2D eigenvalue weighted by Gasteiger charge is -2.15. The molecule has 0 fully saturated rings. The number of primary sulfonamides is 1. The largest absolute Gasteiger partial charge is 0.457 e. The van der Waals surface area contributed by atoms with E-state index in [2.05, 4.69) is 5.32 Å². The van der Waals surface area contributed by atoms with E-state index < -0.39 is 10.0 Å². The first-order valence-corrected chi connectivity index (χ1v) is 11.8. The molecule has 9 heteroatoms. The van der Waals surface area contributed by atoms with E-state index in [9.17, 15) is 13.2 Å². The third-order valence-corrected chi connectivity index (χ3v) is 6.36. The highest BCUT2D eigenvalue weighted by Gasteiger charge is 2.14. The zero-order valence-electron chi connectivity index (χ0n) is 18.3. The molecule has 0 bridgehead atoms. The SMILES string of the molecule is Cc1cc(S(N)(=O)=O)ccc1NC(=O)Cc1ccc(Oc2cc(Cl)cc(C#N)c2)c(C)c1C. The molecule has 0 radical (unpaired) electrons. The molecular formula is C24H22ClN3O4S. The molecule has 7 nitrogen and oxygen atoms in total. The summed E-state index contributed by atoms with van der Waals surface area (Å²) in [6, 6.07) is 14.7. The third kappa shape index (κ3) is 5.90. The number of nitrogens with zero attached hydrogens (tertiary/aromatic N) is 1. The van der Waals surface area contributed by atoms with Gasteiger partial charge >= 0.3 is 0 Å². The highest BCUT2D eigenvalue weighted by molar-refractivity contribution is 7.89. The van der Waals surface area contributed by atoms with Crippen molar-refractivity contribution >= 4 is 33.2 Å². The summed E-state index contributed by atoms with van der Waals surface area (Å²) in [5.41, 5.74) is 4.06. The number of carbonyl (C=O) groups excluding carboxylic acids is 1. The molecule has 0 heterocycles. The lowest BCUT2D eigenvalue weighted by molar-refractivity contribution is -0.115. The van der Waals surface area contributed by atoms with E-state index in [1.54, 1.807) is 31.2 Å². The number of nitrogens with one attached hydrogen (secondary N) is 1. The number of halogens is 1. The van der Waals surface area contributed by atoms with Gasteiger partial charge in [-0.3, -0.25) is 4.79 Å². The number of benzene rings is 3. The molecule has 0 aliphatic rings. The van der Waals surface area contributed by atoms with Gasteiger partial charge in [0, 0.05) is 10.7 Å². The van der Waals surface area contributed by atoms with Crippen molar-refractivity contribution in [2.24, 2.45) is 5.14 Å². The lowest BCUT2D eigenvalue weighted by atomic mass is 9.99. The molecule has 170 valence electrons. The van der Waals surface area contributed by atoms with Gasteiger partial charge in [0.25, 0.3) is 0 Å². The van der Waals surface area contributed by atoms with Gasteiger partial charge in [-0.1, -0.05) is 17.7 Å². The van der Waals surface area contributed by atoms with Gasteiger partial charge in [-0.05, 0) is 85.5 Å². The molecule has 1 amide bonds. The Morgan fingerprint density at radius 2 is 1.82 bits per heavy atom. The number of hydrogen-bond donors (Lipinski definition) is 2. The van der Waals surface area contributed by atoms with Crippen molar-refractivity contribution in [1.82, 2.24) is 0 Å². The van der Waals surface area contributed by atoms with E-state index in [1.807, 2.05) is 26.0 Å². The van der Waals surface area contributed by atoms with Crippen molar-refractivity contribution in [3.63, 3.8) is 0 Å². The van der Waals surface area contributed by atoms with Gasteiger partial charge in [0.15, 0.2) is 0 Å². The number of rotatable bonds is 6. The molecule has 33 heavy (non-hydrogen) atoms. The summed E-state index contributed by atoms with van der Waals surface area (Å²) < 4.78 is 28.9. The van der Waals surface area contributed by atoms with Crippen LogP contribution in [0.1, 0.15) is 27.8 Å². The number of nitrogens with two attached hydrogens (primary N) is 1. The number of ether oxygens (including phenoxy) is 1. The fraction of sp³-hybridized carbons (Fsp3) is 0.167. The van der Waals surface area contributed by atoms with Crippen LogP contribution in [-0.4, -0.2) is 14.3 Å². The predicted molar refractivity (Wildman–Crippen MR) is 127 cm³/mol. The topological polar surface area (TPSA) is 122 Å². The van der Waals surface area contributed by atoms with Crippen molar-refractivity contribution in [3.8, 4) is 17.6 Å². The standard InChI is InChI=1S/C24H22ClN3O4S/c1-14-8-21(33(27,30)31)5-6-22(14)28-24(29)11-18-4-7-23(16(3)15(18)2)32-20-10-17(13-26)9-19(25)12-20/h4-10,12H,11H2,1-3H3,(H,28,29)(H2,27,30,31). The van der Waals surface area contributed by atoms with E-state index in [1.165, 1.54) is 18.2 Å². The number of aryl methyl sites for hydroxylation is 1. The molecule has 0 atom stereocenters. The minimum atomic E-state index is -3.81. The van der Waals surface area contributed by atoms with Crippen molar-refractivity contribution in [2.45, 2.75) is 32.1 Å². The molecule has 3 rings (SSSR count). The van der Waals surface area contributed by atoms with Crippen LogP contribution in [0.4, 0.5) is 5.69 Å². The number of nitriles is 1. The maximum atomic E-state index is 12.6. The van der Waals surface area contributed by atoms with Crippen LogP contribution in [0.3, 0.4) is 0 Å². The minimum absolute atomic E-state index is 0.0124. The number of hydrogen-bond acceptors (Lipinski definition) is 5. The van der Waals surface area contributed by atoms with Gasteiger partial charge < -0.3 is 10.1 Å². The van der Waals surface area contributed by atoms with Crippen molar-refractivity contribution in [3.05, 3.63) is 81.4 Å². The van der Waals surface area contributed by atoms with Crippen LogP contribution in [0, 0.1) is 32.1 Å². The Hall–Kier alpha value is -3.38. The second-order valence-electron chi connectivity index (χ2n) is 7.61. The first-order valence-electron chi connectivity index (χ1n) is 9.89. The maximum absolute atomic E-state index is 12.6. The van der Waals surface area contributed by atoms with Gasteiger partial charge in [-0.15, -0.1) is 0 Å². The second-order valence-corrected chi connectivity index (χ2v) is 9.61. The Morgan fingerprint density at radius 3 is 2.45 bits per heavy atom. The minimum Gasteiger partial charge on any atom is -0.457 e. The average molecular weight is 484 g/mol. The summed E-state index contributed by atoms with van der Waals surface area (Å²) >= 11 is 6.05. The molecule has 0 unspecified atom stereocenters. The molecule has 0 saturated carbocycles. The van der Waals surface area contributed by atoms with Crippen LogP contribution in [0.2, 0.25) is 5.02 Å². The average Bonchev–Trinajstić information content (AvgIpc) is 2.73. The van der Waals surface area contributed by atoms with Crippen LogP contribution in [0.25, 0.3) is 0 Å². The van der Waals surface area contributed by atoms with E-state index >= 15 is 0 Å². The Balaban J connectivity index is 1.76. The predicted octanol–water partition coefficient (Wildman–Crippen LogP) is 4.76. The summed E-state index contributed by atoms with van der Waals surface area (Å²) in [5, 5.41) is 17.5. The number of sulfonamides is 1. The third-order valence-electron chi connectivity index (χ3n) is 5.23. The molecule has 0 aliphatic heterocycles. The van der Waals surface area contributed by atoms with Crippen molar-refractivity contribution in [1.29, 1.82) is 5.26 Å². The van der Waals surface area contributed by atoms with Crippen LogP contribution < -0.4 is 15.2 Å². The summed E-state index contributed by atoms with van der Waals surface area (Å²) in [5.74, 6) is 0.800. The molecule has 0 aliphatic carbocycles. The Kier molecular flexibility index (Phi) is 7.08. The smallest absolute Gasteiger partial charge is 0.238 e. The van der Waals surface area contributed by atoms with Crippen LogP contribution in [0.5, 0.6) is 11.5 Å². The fourth-order valence-electron chi connectivity index (χ4n) is 3.29. The number of amides is 1. The highest BCUT2D eigenvalue weighted by atomic mass is 35.5. The van der Waals surface area contributed by atoms with Crippen molar-refractivity contribution in [2.75, 3.05) is 5.32 Å². The molecule has 0 spiro atoms. The zero-order valence-corrected chi connectivity index (χ0v) is 19.8. The lowest BCUT2D eigenvalue weighted by Crippen LogP contribution is -2.17. The van der Waals surface area contributed by atoms with Crippen LogP contribution in [-0.2, 0) is 21.2 Å². The summed E-state index contributed by atoms with van der Waals surface area (Å²) in [7, 11) is -3.81. The van der Waals surface area contributed by atoms with E-state index in [0.29, 0.717) is 33.3 Å². The van der Waals surface area contributed by atoms with Gasteiger partial charge in [-0.25, -0.2) is 13.6 Å². The quantitative estimate of drug-likeness (QED) is 0.523. The molecule has 0 saturated heterocycles. The Morgan fingerprint density at radius 1 is 1.09 bits per heavy atom. The molecule has 3 N–H and O–H groups in total. The molecule has 3 aromatic rings. The molecule has 3 aromatic carbocycles. The van der Waals surface area contributed by atoms with Gasteiger partial charge in [0.2, 0.25) is 15.9 Å². The first-order chi connectivity index (χ1) is 15.5. The highest BCUT2D eigenvalue weighted by Crippen LogP contribution is 2.31. The van der Waals surface area contributed by atoms with E-state index in [4.69, 9.17) is 26.7 Å². The van der Waals surface area contributed by atoms with Gasteiger partial charge in [0.05, 0.1) is 22.9 Å². The second kappa shape index (κ2) is 9.63. The fourth-order valence-corrected chi connectivity index (χ4v) is 4.11. The van der Waals surface area contributed by atoms with E-state index in [0.717, 1.165) is 16.7 Å². The summed E-state index contributed by atoms with van der Waals surface area (Å²) in [6.45, 7) is 5.48. The normalized spacial score (nSPS) is 11.0. The van der Waals surface area contributed by atoms with E-state index in [-0.39, 0.29) is 17.2 Å². The number of anilines is 1. The molecule has 0 aromatic heterocycles. The number of carbonyl (C=O) groups is 1. The molecular weight excluding hydrogens is 462 g/mol. The maximum Gasteiger partial charge on any atom is 0.238 e. The first kappa shape index (κ1) is 24.3.